The van der Waals surface area contributed by atoms with Crippen molar-refractivity contribution in [3.63, 3.8) is 0 Å². The Kier molecular flexibility index (Phi) is 6.31. The molecule has 1 aromatic heterocycles. The summed E-state index contributed by atoms with van der Waals surface area (Å²) in [5.41, 5.74) is 7.33. The molecule has 1 aliphatic heterocycles. The highest BCUT2D eigenvalue weighted by atomic mass is 35.5. The number of carbonyl (C=O) groups is 1. The van der Waals surface area contributed by atoms with E-state index in [2.05, 4.69) is 18.9 Å². The van der Waals surface area contributed by atoms with Crippen molar-refractivity contribution < 1.29 is 9.53 Å². The molecule has 0 bridgehead atoms. The molecule has 0 saturated carbocycles. The summed E-state index contributed by atoms with van der Waals surface area (Å²) in [4.78, 5) is 14.9. The first-order valence-electron chi connectivity index (χ1n) is 8.75. The van der Waals surface area contributed by atoms with Crippen LogP contribution in [0.1, 0.15) is 37.7 Å². The molecular weight excluding hydrogens is 352 g/mol. The number of piperidine rings is 1. The molecule has 7 heteroatoms. The van der Waals surface area contributed by atoms with Crippen molar-refractivity contribution in [1.29, 1.82) is 0 Å². The molecule has 2 aromatic rings. The lowest BCUT2D eigenvalue weighted by atomic mass is 9.79. The predicted octanol–water partition coefficient (Wildman–Crippen LogP) is 2.89. The van der Waals surface area contributed by atoms with E-state index in [0.29, 0.717) is 31.1 Å². The summed E-state index contributed by atoms with van der Waals surface area (Å²) in [5.74, 6) is 0.419. The number of aromatic nitrogens is 2. The molecule has 3 rings (SSSR count). The predicted molar refractivity (Wildman–Crippen MR) is 104 cm³/mol. The van der Waals surface area contributed by atoms with Crippen molar-refractivity contribution in [2.45, 2.75) is 33.2 Å². The van der Waals surface area contributed by atoms with Gasteiger partial charge in [-0.15, -0.1) is 12.4 Å². The quantitative estimate of drug-likeness (QED) is 0.887. The van der Waals surface area contributed by atoms with E-state index in [4.69, 9.17) is 10.5 Å². The molecule has 1 aliphatic rings. The highest BCUT2D eigenvalue weighted by molar-refractivity contribution is 5.95. The molecule has 1 amide bonds. The number of benzene rings is 1. The van der Waals surface area contributed by atoms with Crippen LogP contribution < -0.4 is 10.5 Å². The van der Waals surface area contributed by atoms with E-state index < -0.39 is 0 Å². The van der Waals surface area contributed by atoms with Crippen molar-refractivity contribution in [3.05, 3.63) is 42.2 Å². The number of hydrogen-bond acceptors (Lipinski definition) is 4. The number of likely N-dealkylation sites (tertiary alicyclic amines) is 1. The van der Waals surface area contributed by atoms with Crippen molar-refractivity contribution in [2.75, 3.05) is 19.7 Å². The van der Waals surface area contributed by atoms with Crippen LogP contribution in [0.4, 0.5) is 0 Å². The molecule has 1 unspecified atom stereocenters. The number of ether oxygens (including phenoxy) is 1. The summed E-state index contributed by atoms with van der Waals surface area (Å²) in [5, 5.41) is 4.51. The van der Waals surface area contributed by atoms with E-state index in [0.717, 1.165) is 12.1 Å². The maximum absolute atomic E-state index is 13.1. The van der Waals surface area contributed by atoms with Gasteiger partial charge in [-0.2, -0.15) is 5.10 Å². The number of halogens is 1. The van der Waals surface area contributed by atoms with Gasteiger partial charge in [0.2, 0.25) is 0 Å². The molecule has 142 valence electrons. The first-order chi connectivity index (χ1) is 11.9. The van der Waals surface area contributed by atoms with Gasteiger partial charge < -0.3 is 15.4 Å². The van der Waals surface area contributed by atoms with Crippen LogP contribution in [0, 0.1) is 5.41 Å². The zero-order valence-electron chi connectivity index (χ0n) is 15.5. The fourth-order valence-electron chi connectivity index (χ4n) is 3.18. The SMILES string of the molecule is CCOc1cn(-c2ccccc2)nc1C(=O)N1CCC(N)C(C)(C)C1.Cl. The maximum Gasteiger partial charge on any atom is 0.278 e. The Morgan fingerprint density at radius 1 is 1.35 bits per heavy atom. The molecule has 6 nitrogen and oxygen atoms in total. The molecule has 0 radical (unpaired) electrons. The molecule has 1 atom stereocenters. The fourth-order valence-corrected chi connectivity index (χ4v) is 3.18. The topological polar surface area (TPSA) is 73.4 Å². The fraction of sp³-hybridized carbons (Fsp3) is 0.474. The monoisotopic (exact) mass is 378 g/mol. The van der Waals surface area contributed by atoms with Crippen LogP contribution in [-0.4, -0.2) is 46.3 Å². The molecule has 0 spiro atoms. The number of nitrogens with two attached hydrogens (primary N) is 1. The van der Waals surface area contributed by atoms with Gasteiger partial charge in [0, 0.05) is 19.1 Å². The summed E-state index contributed by atoms with van der Waals surface area (Å²) >= 11 is 0. The minimum atomic E-state index is -0.109. The molecule has 1 saturated heterocycles. The zero-order chi connectivity index (χ0) is 18.0. The van der Waals surface area contributed by atoms with Gasteiger partial charge in [0.1, 0.15) is 0 Å². The molecule has 26 heavy (non-hydrogen) atoms. The largest absolute Gasteiger partial charge is 0.490 e. The lowest BCUT2D eigenvalue weighted by Gasteiger charge is -2.42. The molecule has 2 N–H and O–H groups in total. The Bertz CT molecular complexity index is 745. The number of hydrogen-bond donors (Lipinski definition) is 1. The van der Waals surface area contributed by atoms with E-state index in [1.165, 1.54) is 0 Å². The number of carbonyl (C=O) groups excluding carboxylic acids is 1. The maximum atomic E-state index is 13.1. The summed E-state index contributed by atoms with van der Waals surface area (Å²) in [6.07, 6.45) is 2.56. The smallest absolute Gasteiger partial charge is 0.278 e. The van der Waals surface area contributed by atoms with Gasteiger partial charge in [-0.3, -0.25) is 4.79 Å². The Morgan fingerprint density at radius 3 is 2.65 bits per heavy atom. The van der Waals surface area contributed by atoms with Crippen LogP contribution in [0.25, 0.3) is 5.69 Å². The van der Waals surface area contributed by atoms with E-state index in [1.54, 1.807) is 10.9 Å². The summed E-state index contributed by atoms with van der Waals surface area (Å²) < 4.78 is 7.36. The van der Waals surface area contributed by atoms with Crippen LogP contribution in [0.15, 0.2) is 36.5 Å². The van der Waals surface area contributed by atoms with E-state index in [-0.39, 0.29) is 29.8 Å². The third-order valence-electron chi connectivity index (χ3n) is 4.80. The highest BCUT2D eigenvalue weighted by Crippen LogP contribution is 2.30. The van der Waals surface area contributed by atoms with Crippen LogP contribution in [-0.2, 0) is 0 Å². The zero-order valence-corrected chi connectivity index (χ0v) is 16.3. The van der Waals surface area contributed by atoms with Gasteiger partial charge in [-0.05, 0) is 30.9 Å². The van der Waals surface area contributed by atoms with Crippen molar-refractivity contribution in [3.8, 4) is 11.4 Å². The summed E-state index contributed by atoms with van der Waals surface area (Å²) in [6, 6.07) is 9.81. The Balaban J connectivity index is 0.00000243. The number of para-hydroxylation sites is 1. The lowest BCUT2D eigenvalue weighted by molar-refractivity contribution is 0.0523. The van der Waals surface area contributed by atoms with E-state index in [1.807, 2.05) is 42.2 Å². The van der Waals surface area contributed by atoms with E-state index >= 15 is 0 Å². The minimum absolute atomic E-state index is 0. The standard InChI is InChI=1S/C19H26N4O2.ClH/c1-4-25-15-12-23(14-8-6-5-7-9-14)21-17(15)18(24)22-11-10-16(20)19(2,3)13-22;/h5-9,12,16H,4,10-11,13,20H2,1-3H3;1H. The van der Waals surface area contributed by atoms with Crippen LogP contribution in [0.3, 0.4) is 0 Å². The van der Waals surface area contributed by atoms with Gasteiger partial charge >= 0.3 is 0 Å². The molecule has 1 aromatic carbocycles. The molecule has 0 aliphatic carbocycles. The Labute approximate surface area is 160 Å². The second-order valence-corrected chi connectivity index (χ2v) is 7.17. The lowest BCUT2D eigenvalue weighted by Crippen LogP contribution is -2.54. The summed E-state index contributed by atoms with van der Waals surface area (Å²) in [7, 11) is 0. The number of rotatable bonds is 4. The van der Waals surface area contributed by atoms with E-state index in [9.17, 15) is 4.79 Å². The number of nitrogens with zero attached hydrogens (tertiary/aromatic N) is 3. The first-order valence-corrected chi connectivity index (χ1v) is 8.75. The van der Waals surface area contributed by atoms with Crippen molar-refractivity contribution >= 4 is 18.3 Å². The average molecular weight is 379 g/mol. The van der Waals surface area contributed by atoms with Gasteiger partial charge in [-0.1, -0.05) is 32.0 Å². The highest BCUT2D eigenvalue weighted by Gasteiger charge is 2.37. The Morgan fingerprint density at radius 2 is 2.04 bits per heavy atom. The third-order valence-corrected chi connectivity index (χ3v) is 4.80. The van der Waals surface area contributed by atoms with Crippen LogP contribution in [0.5, 0.6) is 5.75 Å². The summed E-state index contributed by atoms with van der Waals surface area (Å²) in [6.45, 7) is 7.85. The normalized spacial score (nSPS) is 18.9. The third kappa shape index (κ3) is 4.02. The second-order valence-electron chi connectivity index (χ2n) is 7.17. The van der Waals surface area contributed by atoms with Crippen LogP contribution >= 0.6 is 12.4 Å². The van der Waals surface area contributed by atoms with Gasteiger partial charge in [0.05, 0.1) is 18.5 Å². The molecular formula is C19H27ClN4O2. The number of amides is 1. The molecule has 1 fully saturated rings. The first kappa shape index (κ1) is 20.3. The van der Waals surface area contributed by atoms with Gasteiger partial charge in [0.25, 0.3) is 5.91 Å². The molecule has 2 heterocycles. The Hall–Kier alpha value is -2.05. The second kappa shape index (κ2) is 8.10. The van der Waals surface area contributed by atoms with Crippen molar-refractivity contribution in [1.82, 2.24) is 14.7 Å². The average Bonchev–Trinajstić information content (AvgIpc) is 3.02. The van der Waals surface area contributed by atoms with Crippen molar-refractivity contribution in [2.24, 2.45) is 11.1 Å². The van der Waals surface area contributed by atoms with Crippen LogP contribution in [0.2, 0.25) is 0 Å². The van der Waals surface area contributed by atoms with Gasteiger partial charge in [-0.25, -0.2) is 4.68 Å². The van der Waals surface area contributed by atoms with Gasteiger partial charge in [0.15, 0.2) is 11.4 Å². The minimum Gasteiger partial charge on any atom is -0.490 e.